The minimum Gasteiger partial charge on any atom is -0.493 e. The van der Waals surface area contributed by atoms with Gasteiger partial charge in [0.2, 0.25) is 0 Å². The normalized spacial score (nSPS) is 26.4. The second-order valence-corrected chi connectivity index (χ2v) is 8.04. The largest absolute Gasteiger partial charge is 0.493 e. The third-order valence-corrected chi connectivity index (χ3v) is 6.23. The lowest BCUT2D eigenvalue weighted by molar-refractivity contribution is -0.532. The number of hydrogen-bond donors (Lipinski definition) is 2. The summed E-state index contributed by atoms with van der Waals surface area (Å²) in [4.78, 5) is 25.1. The van der Waals surface area contributed by atoms with Gasteiger partial charge in [-0.05, 0) is 30.7 Å². The molecule has 1 fully saturated rings. The number of halogens is 1. The van der Waals surface area contributed by atoms with Crippen LogP contribution in [0.5, 0.6) is 11.5 Å². The minimum absolute atomic E-state index is 0.231. The van der Waals surface area contributed by atoms with E-state index in [0.717, 1.165) is 0 Å². The third-order valence-electron chi connectivity index (χ3n) is 5.95. The smallest absolute Gasteiger partial charge is 0.256 e. The Hall–Kier alpha value is -3.10. The number of hydrogen-bond acceptors (Lipinski definition) is 6. The van der Waals surface area contributed by atoms with Gasteiger partial charge in [-0.1, -0.05) is 42.5 Å². The van der Waals surface area contributed by atoms with Crippen molar-refractivity contribution >= 4 is 23.2 Å². The number of methoxy groups -OCH3 is 1. The molecule has 0 radical (unpaired) electrons. The maximum absolute atomic E-state index is 13.1. The monoisotopic (exact) mass is 443 g/mol. The fourth-order valence-electron chi connectivity index (χ4n) is 4.77. The number of nitrogens with one attached hydrogen (secondary N) is 2. The minimum atomic E-state index is -1.48. The van der Waals surface area contributed by atoms with Gasteiger partial charge in [-0.2, -0.15) is 0 Å². The molecule has 4 rings (SSSR count). The predicted molar refractivity (Wildman–Crippen MR) is 117 cm³/mol. The maximum atomic E-state index is 13.1. The van der Waals surface area contributed by atoms with Gasteiger partial charge in [0.25, 0.3) is 11.9 Å². The maximum Gasteiger partial charge on any atom is 0.256 e. The summed E-state index contributed by atoms with van der Waals surface area (Å²) >= 11 is 6.45. The van der Waals surface area contributed by atoms with Crippen LogP contribution in [0.2, 0.25) is 5.02 Å². The second-order valence-electron chi connectivity index (χ2n) is 7.63. The molecule has 0 aromatic heterocycles. The van der Waals surface area contributed by atoms with E-state index in [2.05, 4.69) is 17.2 Å². The summed E-state index contributed by atoms with van der Waals surface area (Å²) in [6.45, 7) is 5.67. The summed E-state index contributed by atoms with van der Waals surface area (Å²) in [6, 6.07) is 8.70. The summed E-state index contributed by atoms with van der Waals surface area (Å²) < 4.78 is 11.0. The van der Waals surface area contributed by atoms with E-state index in [4.69, 9.17) is 21.1 Å². The van der Waals surface area contributed by atoms with Gasteiger partial charge < -0.3 is 14.8 Å². The molecule has 2 aromatic rings. The van der Waals surface area contributed by atoms with Crippen LogP contribution < -0.4 is 20.1 Å². The number of carbonyl (C=O) groups excluding carboxylic acids is 1. The van der Waals surface area contributed by atoms with Crippen LogP contribution in [0.25, 0.3) is 0 Å². The van der Waals surface area contributed by atoms with Gasteiger partial charge in [-0.3, -0.25) is 20.2 Å². The summed E-state index contributed by atoms with van der Waals surface area (Å²) in [5.74, 6) is -0.390. The third kappa shape index (κ3) is 3.14. The van der Waals surface area contributed by atoms with Gasteiger partial charge in [-0.25, -0.2) is 0 Å². The molecule has 1 spiro atoms. The van der Waals surface area contributed by atoms with Crippen molar-refractivity contribution in [3.05, 3.63) is 75.3 Å². The van der Waals surface area contributed by atoms with Crippen molar-refractivity contribution in [2.24, 2.45) is 0 Å². The molecule has 2 aliphatic rings. The summed E-state index contributed by atoms with van der Waals surface area (Å²) in [7, 11) is 1.47. The molecule has 0 unspecified atom stereocenters. The number of amides is 1. The SMILES string of the molecule is C=CCOc1c(Cl)cc([C@@H]2[C@H](C)N[C@@]3(C(=O)Nc4ccccc43)[C@H]2[N+](=O)[O-])cc1OC. The van der Waals surface area contributed by atoms with E-state index < -0.39 is 29.4 Å². The topological polar surface area (TPSA) is 103 Å². The Morgan fingerprint density at radius 3 is 2.77 bits per heavy atom. The van der Waals surface area contributed by atoms with E-state index in [1.165, 1.54) is 7.11 Å². The van der Waals surface area contributed by atoms with E-state index in [0.29, 0.717) is 28.3 Å². The van der Waals surface area contributed by atoms with Crippen molar-refractivity contribution in [1.82, 2.24) is 5.32 Å². The molecule has 2 aliphatic heterocycles. The number of nitro groups is 1. The molecule has 31 heavy (non-hydrogen) atoms. The Morgan fingerprint density at radius 1 is 1.35 bits per heavy atom. The molecular formula is C22H22ClN3O5. The van der Waals surface area contributed by atoms with Crippen LogP contribution in [-0.4, -0.2) is 36.6 Å². The van der Waals surface area contributed by atoms with Crippen LogP contribution >= 0.6 is 11.6 Å². The number of ether oxygens (including phenoxy) is 2. The molecule has 2 N–H and O–H groups in total. The Labute approximate surface area is 184 Å². The van der Waals surface area contributed by atoms with Crippen LogP contribution in [0.1, 0.15) is 24.0 Å². The average molecular weight is 444 g/mol. The zero-order valence-corrected chi connectivity index (χ0v) is 17.8. The quantitative estimate of drug-likeness (QED) is 0.402. The van der Waals surface area contributed by atoms with Crippen LogP contribution in [0.4, 0.5) is 5.69 Å². The lowest BCUT2D eigenvalue weighted by Crippen LogP contribution is -2.54. The standard InChI is InChI=1S/C22H22ClN3O5/c1-4-9-31-19-15(23)10-13(11-17(19)30-3)18-12(2)25-22(20(18)26(28)29)14-7-5-6-8-16(14)24-21(22)27/h4-8,10-12,18,20,25H,1,9H2,2-3H3,(H,24,27)/t12-,18-,20-,22+/m0/s1. The number of rotatable bonds is 6. The Morgan fingerprint density at radius 2 is 2.10 bits per heavy atom. The number of benzene rings is 2. The van der Waals surface area contributed by atoms with Crippen LogP contribution in [-0.2, 0) is 10.3 Å². The van der Waals surface area contributed by atoms with Gasteiger partial charge >= 0.3 is 0 Å². The number of nitrogens with zero attached hydrogens (tertiary/aromatic N) is 1. The van der Waals surface area contributed by atoms with Gasteiger partial charge in [0.05, 0.1) is 18.1 Å². The van der Waals surface area contributed by atoms with Gasteiger partial charge in [0.15, 0.2) is 17.0 Å². The first-order chi connectivity index (χ1) is 14.8. The Balaban J connectivity index is 1.85. The molecule has 2 heterocycles. The first-order valence-electron chi connectivity index (χ1n) is 9.78. The lowest BCUT2D eigenvalue weighted by Gasteiger charge is -2.25. The fraction of sp³-hybridized carbons (Fsp3) is 0.318. The molecule has 0 bridgehead atoms. The highest BCUT2D eigenvalue weighted by Crippen LogP contribution is 2.51. The summed E-state index contributed by atoms with van der Waals surface area (Å²) in [6.07, 6.45) is 1.58. The zero-order valence-electron chi connectivity index (χ0n) is 17.1. The first kappa shape index (κ1) is 21.1. The zero-order chi connectivity index (χ0) is 22.3. The molecular weight excluding hydrogens is 422 g/mol. The van der Waals surface area contributed by atoms with Crippen molar-refractivity contribution < 1.29 is 19.2 Å². The highest BCUT2D eigenvalue weighted by atomic mass is 35.5. The number of carbonyl (C=O) groups is 1. The Bertz CT molecular complexity index is 1080. The molecule has 9 heteroatoms. The van der Waals surface area contributed by atoms with E-state index in [9.17, 15) is 14.9 Å². The van der Waals surface area contributed by atoms with Crippen LogP contribution in [0, 0.1) is 10.1 Å². The molecule has 4 atom stereocenters. The van der Waals surface area contributed by atoms with E-state index in [1.54, 1.807) is 42.5 Å². The molecule has 1 saturated heterocycles. The Kier molecular flexibility index (Phi) is 5.36. The van der Waals surface area contributed by atoms with Gasteiger partial charge in [-0.15, -0.1) is 0 Å². The van der Waals surface area contributed by atoms with Crippen molar-refractivity contribution in [1.29, 1.82) is 0 Å². The highest BCUT2D eigenvalue weighted by molar-refractivity contribution is 6.32. The number of anilines is 1. The number of fused-ring (bicyclic) bond motifs is 2. The van der Waals surface area contributed by atoms with Crippen molar-refractivity contribution in [3.63, 3.8) is 0 Å². The lowest BCUT2D eigenvalue weighted by atomic mass is 9.78. The molecule has 8 nitrogen and oxygen atoms in total. The van der Waals surface area contributed by atoms with Gasteiger partial charge in [0.1, 0.15) is 6.61 Å². The summed E-state index contributed by atoms with van der Waals surface area (Å²) in [5.41, 5.74) is 0.245. The van der Waals surface area contributed by atoms with Crippen molar-refractivity contribution in [2.75, 3.05) is 19.0 Å². The van der Waals surface area contributed by atoms with Gasteiger partial charge in [0, 0.05) is 22.2 Å². The molecule has 1 amide bonds. The number of para-hydroxylation sites is 1. The molecule has 162 valence electrons. The van der Waals surface area contributed by atoms with E-state index in [-0.39, 0.29) is 16.6 Å². The fourth-order valence-corrected chi connectivity index (χ4v) is 5.04. The highest BCUT2D eigenvalue weighted by Gasteiger charge is 2.67. The second kappa shape index (κ2) is 7.86. The summed E-state index contributed by atoms with van der Waals surface area (Å²) in [5, 5.41) is 18.7. The van der Waals surface area contributed by atoms with Crippen molar-refractivity contribution in [2.45, 2.75) is 30.5 Å². The molecule has 0 aliphatic carbocycles. The predicted octanol–water partition coefficient (Wildman–Crippen LogP) is 3.48. The van der Waals surface area contributed by atoms with Crippen molar-refractivity contribution in [3.8, 4) is 11.5 Å². The van der Waals surface area contributed by atoms with E-state index >= 15 is 0 Å². The van der Waals surface area contributed by atoms with Crippen LogP contribution in [0.15, 0.2) is 49.1 Å². The molecule has 0 saturated carbocycles. The van der Waals surface area contributed by atoms with E-state index in [1.807, 2.05) is 6.92 Å². The first-order valence-corrected chi connectivity index (χ1v) is 10.2. The molecule has 2 aromatic carbocycles. The van der Waals surface area contributed by atoms with Crippen LogP contribution in [0.3, 0.4) is 0 Å². The average Bonchev–Trinajstić information content (AvgIpc) is 3.21.